The van der Waals surface area contributed by atoms with Gasteiger partial charge in [0.25, 0.3) is 0 Å². The molecule has 0 aromatic carbocycles. The van der Waals surface area contributed by atoms with Gasteiger partial charge in [0.05, 0.1) is 0 Å². The highest BCUT2D eigenvalue weighted by molar-refractivity contribution is 5.66. The predicted octanol–water partition coefficient (Wildman–Crippen LogP) is 3.70. The molecule has 17 heavy (non-hydrogen) atoms. The van der Waals surface area contributed by atoms with Crippen molar-refractivity contribution in [2.45, 2.75) is 58.3 Å². The zero-order valence-corrected chi connectivity index (χ0v) is 10.8. The highest BCUT2D eigenvalue weighted by Gasteiger charge is 2.50. The number of carboxylic acid groups (broad SMARTS) is 1. The molecule has 1 unspecified atom stereocenters. The van der Waals surface area contributed by atoms with Crippen LogP contribution in [0.5, 0.6) is 0 Å². The van der Waals surface area contributed by atoms with Gasteiger partial charge in [-0.15, -0.1) is 0 Å². The van der Waals surface area contributed by atoms with Crippen molar-refractivity contribution in [2.24, 2.45) is 29.1 Å². The molecule has 2 heteroatoms. The fourth-order valence-corrected chi connectivity index (χ4v) is 5.65. The van der Waals surface area contributed by atoms with E-state index in [1.165, 1.54) is 44.9 Å². The van der Waals surface area contributed by atoms with E-state index in [-0.39, 0.29) is 0 Å². The van der Waals surface area contributed by atoms with E-state index in [2.05, 4.69) is 6.92 Å². The lowest BCUT2D eigenvalue weighted by Gasteiger charge is -2.57. The second kappa shape index (κ2) is 4.00. The molecule has 0 heterocycles. The molecule has 4 rings (SSSR count). The number of rotatable bonds is 4. The fraction of sp³-hybridized carbons (Fsp3) is 0.933. The Hall–Kier alpha value is -0.530. The highest BCUT2D eigenvalue weighted by Crippen LogP contribution is 2.62. The standard InChI is InChI=1S/C15H24O2/c1-10(2-14(16)17)6-15-7-11-3-12(8-15)5-13(4-11)9-15/h10-13H,2-9H2,1H3,(H,16,17). The summed E-state index contributed by atoms with van der Waals surface area (Å²) in [7, 11) is 0. The summed E-state index contributed by atoms with van der Waals surface area (Å²) in [6.07, 6.45) is 10.2. The number of carbonyl (C=O) groups is 1. The molecular formula is C15H24O2. The topological polar surface area (TPSA) is 37.3 Å². The molecule has 96 valence electrons. The largest absolute Gasteiger partial charge is 0.481 e. The van der Waals surface area contributed by atoms with E-state index < -0.39 is 5.97 Å². The van der Waals surface area contributed by atoms with E-state index in [0.717, 1.165) is 17.8 Å². The Morgan fingerprint density at radius 2 is 1.65 bits per heavy atom. The van der Waals surface area contributed by atoms with Crippen molar-refractivity contribution >= 4 is 5.97 Å². The summed E-state index contributed by atoms with van der Waals surface area (Å²) in [5, 5.41) is 8.90. The predicted molar refractivity (Wildman–Crippen MR) is 66.6 cm³/mol. The molecule has 2 nitrogen and oxygen atoms in total. The van der Waals surface area contributed by atoms with E-state index in [9.17, 15) is 4.79 Å². The van der Waals surface area contributed by atoms with Crippen LogP contribution in [0, 0.1) is 29.1 Å². The second-order valence-electron chi connectivity index (χ2n) is 7.32. The van der Waals surface area contributed by atoms with Crippen LogP contribution < -0.4 is 0 Å². The summed E-state index contributed by atoms with van der Waals surface area (Å²) in [5.74, 6) is 2.70. The summed E-state index contributed by atoms with van der Waals surface area (Å²) < 4.78 is 0. The number of aliphatic carboxylic acids is 1. The lowest BCUT2D eigenvalue weighted by Crippen LogP contribution is -2.46. The Morgan fingerprint density at radius 1 is 1.18 bits per heavy atom. The number of hydrogen-bond donors (Lipinski definition) is 1. The quantitative estimate of drug-likeness (QED) is 0.808. The van der Waals surface area contributed by atoms with Crippen molar-refractivity contribution in [3.8, 4) is 0 Å². The van der Waals surface area contributed by atoms with Crippen LogP contribution in [0.2, 0.25) is 0 Å². The van der Waals surface area contributed by atoms with E-state index in [1.54, 1.807) is 0 Å². The highest BCUT2D eigenvalue weighted by atomic mass is 16.4. The lowest BCUT2D eigenvalue weighted by atomic mass is 9.48. The molecule has 1 N–H and O–H groups in total. The SMILES string of the molecule is CC(CC(=O)O)CC12CC3CC(CC(C3)C1)C2. The average molecular weight is 236 g/mol. The molecule has 0 aliphatic heterocycles. The third-order valence-electron chi connectivity index (χ3n) is 5.47. The Morgan fingerprint density at radius 3 is 2.06 bits per heavy atom. The Balaban J connectivity index is 1.67. The Kier molecular flexibility index (Phi) is 2.72. The van der Waals surface area contributed by atoms with Gasteiger partial charge in [0, 0.05) is 6.42 Å². The summed E-state index contributed by atoms with van der Waals surface area (Å²) in [6.45, 7) is 2.13. The summed E-state index contributed by atoms with van der Waals surface area (Å²) in [5.41, 5.74) is 0.545. The molecule has 0 aromatic heterocycles. The first-order valence-electron chi connectivity index (χ1n) is 7.26. The van der Waals surface area contributed by atoms with Gasteiger partial charge in [0.1, 0.15) is 0 Å². The van der Waals surface area contributed by atoms with Crippen LogP contribution in [0.4, 0.5) is 0 Å². The minimum absolute atomic E-state index is 0.363. The van der Waals surface area contributed by atoms with Crippen LogP contribution in [-0.4, -0.2) is 11.1 Å². The van der Waals surface area contributed by atoms with Gasteiger partial charge in [-0.25, -0.2) is 0 Å². The van der Waals surface area contributed by atoms with E-state index in [4.69, 9.17) is 5.11 Å². The van der Waals surface area contributed by atoms with Gasteiger partial charge in [-0.1, -0.05) is 6.92 Å². The normalized spacial score (nSPS) is 44.9. The average Bonchev–Trinajstić information content (AvgIpc) is 2.11. The van der Waals surface area contributed by atoms with Gasteiger partial charge in [-0.2, -0.15) is 0 Å². The molecule has 0 amide bonds. The number of carboxylic acids is 1. The van der Waals surface area contributed by atoms with Crippen molar-refractivity contribution in [1.29, 1.82) is 0 Å². The second-order valence-corrected chi connectivity index (χ2v) is 7.32. The zero-order valence-electron chi connectivity index (χ0n) is 10.8. The molecule has 4 fully saturated rings. The van der Waals surface area contributed by atoms with Gasteiger partial charge in [0.2, 0.25) is 0 Å². The smallest absolute Gasteiger partial charge is 0.303 e. The molecule has 0 radical (unpaired) electrons. The minimum Gasteiger partial charge on any atom is -0.481 e. The van der Waals surface area contributed by atoms with Gasteiger partial charge in [-0.05, 0) is 74.0 Å². The van der Waals surface area contributed by atoms with Crippen LogP contribution in [-0.2, 0) is 4.79 Å². The maximum absolute atomic E-state index is 10.8. The van der Waals surface area contributed by atoms with Crippen molar-refractivity contribution in [2.75, 3.05) is 0 Å². The molecule has 4 bridgehead atoms. The van der Waals surface area contributed by atoms with Crippen LogP contribution in [0.1, 0.15) is 58.3 Å². The Labute approximate surface area is 104 Å². The fourth-order valence-electron chi connectivity index (χ4n) is 5.65. The van der Waals surface area contributed by atoms with Crippen molar-refractivity contribution in [3.63, 3.8) is 0 Å². The lowest BCUT2D eigenvalue weighted by molar-refractivity contribution is -0.138. The zero-order chi connectivity index (χ0) is 12.0. The van der Waals surface area contributed by atoms with Gasteiger partial charge in [0.15, 0.2) is 0 Å². The first-order valence-corrected chi connectivity index (χ1v) is 7.26. The molecular weight excluding hydrogens is 212 g/mol. The van der Waals surface area contributed by atoms with E-state index >= 15 is 0 Å². The first-order chi connectivity index (χ1) is 8.05. The summed E-state index contributed by atoms with van der Waals surface area (Å²) in [6, 6.07) is 0. The maximum Gasteiger partial charge on any atom is 0.303 e. The number of hydrogen-bond acceptors (Lipinski definition) is 1. The summed E-state index contributed by atoms with van der Waals surface area (Å²) in [4.78, 5) is 10.8. The third-order valence-corrected chi connectivity index (χ3v) is 5.47. The molecule has 4 aliphatic carbocycles. The van der Waals surface area contributed by atoms with Gasteiger partial charge >= 0.3 is 5.97 Å². The minimum atomic E-state index is -0.623. The van der Waals surface area contributed by atoms with Crippen molar-refractivity contribution in [1.82, 2.24) is 0 Å². The summed E-state index contributed by atoms with van der Waals surface area (Å²) >= 11 is 0. The van der Waals surface area contributed by atoms with E-state index in [1.807, 2.05) is 0 Å². The molecule has 0 spiro atoms. The van der Waals surface area contributed by atoms with Crippen LogP contribution in [0.3, 0.4) is 0 Å². The van der Waals surface area contributed by atoms with Crippen molar-refractivity contribution in [3.05, 3.63) is 0 Å². The van der Waals surface area contributed by atoms with Crippen molar-refractivity contribution < 1.29 is 9.90 Å². The van der Waals surface area contributed by atoms with E-state index in [0.29, 0.717) is 17.8 Å². The maximum atomic E-state index is 10.8. The molecule has 0 saturated heterocycles. The third kappa shape index (κ3) is 2.23. The molecule has 0 aromatic rings. The first kappa shape index (κ1) is 11.6. The Bertz CT molecular complexity index is 286. The van der Waals surface area contributed by atoms with Gasteiger partial charge in [-0.3, -0.25) is 4.79 Å². The molecule has 4 aliphatic rings. The van der Waals surface area contributed by atoms with Crippen LogP contribution in [0.15, 0.2) is 0 Å². The molecule has 4 saturated carbocycles. The van der Waals surface area contributed by atoms with Crippen LogP contribution >= 0.6 is 0 Å². The van der Waals surface area contributed by atoms with Gasteiger partial charge < -0.3 is 5.11 Å². The van der Waals surface area contributed by atoms with Crippen LogP contribution in [0.25, 0.3) is 0 Å². The monoisotopic (exact) mass is 236 g/mol. The molecule has 1 atom stereocenters.